The third-order valence-electron chi connectivity index (χ3n) is 5.05. The second-order valence-corrected chi connectivity index (χ2v) is 7.99. The zero-order valence-electron chi connectivity index (χ0n) is 16.3. The minimum absolute atomic E-state index is 0.526. The molecule has 0 atom stereocenters. The van der Waals surface area contributed by atoms with Crippen LogP contribution in [0.1, 0.15) is 17.5 Å². The lowest BCUT2D eigenvalue weighted by Crippen LogP contribution is -2.44. The van der Waals surface area contributed by atoms with E-state index in [9.17, 15) is 0 Å². The lowest BCUT2D eigenvalue weighted by atomic mass is 10.1. The zero-order chi connectivity index (χ0) is 19.1. The molecule has 0 aromatic heterocycles. The van der Waals surface area contributed by atoms with Gasteiger partial charge in [0.15, 0.2) is 11.5 Å². The number of ether oxygens (including phenoxy) is 2. The summed E-state index contributed by atoms with van der Waals surface area (Å²) in [4.78, 5) is 4.95. The van der Waals surface area contributed by atoms with Gasteiger partial charge in [-0.3, -0.25) is 0 Å². The maximum absolute atomic E-state index is 6.02. The van der Waals surface area contributed by atoms with E-state index in [4.69, 9.17) is 9.47 Å². The summed E-state index contributed by atoms with van der Waals surface area (Å²) >= 11 is 3.67. The fraction of sp³-hybridized carbons (Fsp3) is 0.455. The summed E-state index contributed by atoms with van der Waals surface area (Å²) in [6, 6.07) is 14.4. The second-order valence-electron chi connectivity index (χ2n) is 7.13. The highest BCUT2D eigenvalue weighted by Crippen LogP contribution is 2.37. The van der Waals surface area contributed by atoms with Crippen LogP contribution in [0.2, 0.25) is 0 Å². The standard InChI is InChI=1S/C22H29BrN2O2/c1-24-11-13-25(14-12-24)10-6-9-19-15-20(23)22(21(16-19)26-2)27-17-18-7-4-3-5-8-18/h3-5,7-8,15-16H,6,9-14,17H2,1-2H3. The molecule has 1 aliphatic heterocycles. The Labute approximate surface area is 171 Å². The molecule has 0 radical (unpaired) electrons. The number of methoxy groups -OCH3 is 1. The molecule has 1 saturated heterocycles. The van der Waals surface area contributed by atoms with E-state index >= 15 is 0 Å². The highest BCUT2D eigenvalue weighted by atomic mass is 79.9. The van der Waals surface area contributed by atoms with Gasteiger partial charge >= 0.3 is 0 Å². The zero-order valence-corrected chi connectivity index (χ0v) is 17.9. The summed E-state index contributed by atoms with van der Waals surface area (Å²) in [7, 11) is 3.90. The van der Waals surface area contributed by atoms with E-state index in [0.717, 1.165) is 40.9 Å². The van der Waals surface area contributed by atoms with E-state index in [2.05, 4.69) is 57.0 Å². The molecular formula is C22H29BrN2O2. The Balaban J connectivity index is 1.56. The number of nitrogens with zero attached hydrogens (tertiary/aromatic N) is 2. The lowest BCUT2D eigenvalue weighted by Gasteiger charge is -2.32. The van der Waals surface area contributed by atoms with Crippen LogP contribution in [0.3, 0.4) is 0 Å². The fourth-order valence-electron chi connectivity index (χ4n) is 3.37. The Morgan fingerprint density at radius 3 is 2.44 bits per heavy atom. The molecule has 0 N–H and O–H groups in total. The second kappa shape index (κ2) is 10.1. The molecule has 1 heterocycles. The van der Waals surface area contributed by atoms with Crippen LogP contribution in [-0.4, -0.2) is 56.7 Å². The van der Waals surface area contributed by atoms with Crippen LogP contribution in [-0.2, 0) is 13.0 Å². The van der Waals surface area contributed by atoms with Gasteiger partial charge in [-0.15, -0.1) is 0 Å². The van der Waals surface area contributed by atoms with Gasteiger partial charge in [-0.25, -0.2) is 0 Å². The van der Waals surface area contributed by atoms with E-state index in [-0.39, 0.29) is 0 Å². The summed E-state index contributed by atoms with van der Waals surface area (Å²) in [5.41, 5.74) is 2.42. The topological polar surface area (TPSA) is 24.9 Å². The quantitative estimate of drug-likeness (QED) is 0.623. The highest BCUT2D eigenvalue weighted by Gasteiger charge is 2.15. The summed E-state index contributed by atoms with van der Waals surface area (Å²) in [6.45, 7) is 6.38. The summed E-state index contributed by atoms with van der Waals surface area (Å²) in [5.74, 6) is 1.55. The molecular weight excluding hydrogens is 404 g/mol. The van der Waals surface area contributed by atoms with Gasteiger partial charge in [0.05, 0.1) is 11.6 Å². The predicted octanol–water partition coefficient (Wildman–Crippen LogP) is 4.22. The number of hydrogen-bond donors (Lipinski definition) is 0. The van der Waals surface area contributed by atoms with Crippen LogP contribution in [0.25, 0.3) is 0 Å². The molecule has 2 aromatic carbocycles. The van der Waals surface area contributed by atoms with Crippen LogP contribution in [0.4, 0.5) is 0 Å². The lowest BCUT2D eigenvalue weighted by molar-refractivity contribution is 0.153. The molecule has 0 amide bonds. The molecule has 0 unspecified atom stereocenters. The minimum atomic E-state index is 0.526. The Morgan fingerprint density at radius 2 is 1.74 bits per heavy atom. The molecule has 3 rings (SSSR count). The molecule has 1 fully saturated rings. The number of aryl methyl sites for hydroxylation is 1. The first-order valence-electron chi connectivity index (χ1n) is 9.59. The van der Waals surface area contributed by atoms with Crippen molar-refractivity contribution >= 4 is 15.9 Å². The van der Waals surface area contributed by atoms with Crippen molar-refractivity contribution in [1.29, 1.82) is 0 Å². The largest absolute Gasteiger partial charge is 0.493 e. The van der Waals surface area contributed by atoms with Gasteiger partial charge in [-0.05, 0) is 65.6 Å². The third-order valence-corrected chi connectivity index (χ3v) is 5.64. The van der Waals surface area contributed by atoms with Crippen molar-refractivity contribution in [3.63, 3.8) is 0 Å². The fourth-order valence-corrected chi connectivity index (χ4v) is 3.97. The maximum Gasteiger partial charge on any atom is 0.175 e. The average Bonchev–Trinajstić information content (AvgIpc) is 2.69. The van der Waals surface area contributed by atoms with Crippen LogP contribution < -0.4 is 9.47 Å². The van der Waals surface area contributed by atoms with Gasteiger partial charge < -0.3 is 19.3 Å². The first kappa shape index (κ1) is 20.2. The maximum atomic E-state index is 6.02. The molecule has 5 heteroatoms. The number of likely N-dealkylation sites (N-methyl/N-ethyl adjacent to an activating group) is 1. The monoisotopic (exact) mass is 432 g/mol. The van der Waals surface area contributed by atoms with Gasteiger partial charge in [0.1, 0.15) is 6.61 Å². The van der Waals surface area contributed by atoms with Crippen LogP contribution in [0.5, 0.6) is 11.5 Å². The van der Waals surface area contributed by atoms with E-state index in [1.165, 1.54) is 31.7 Å². The van der Waals surface area contributed by atoms with E-state index < -0.39 is 0 Å². The normalized spacial score (nSPS) is 15.7. The first-order valence-corrected chi connectivity index (χ1v) is 10.4. The number of halogens is 1. The average molecular weight is 433 g/mol. The molecule has 4 nitrogen and oxygen atoms in total. The SMILES string of the molecule is COc1cc(CCCN2CCN(C)CC2)cc(Br)c1OCc1ccccc1. The number of piperazine rings is 1. The summed E-state index contributed by atoms with van der Waals surface area (Å²) in [5, 5.41) is 0. The Morgan fingerprint density at radius 1 is 1.00 bits per heavy atom. The van der Waals surface area contributed by atoms with Crippen molar-refractivity contribution in [3.05, 3.63) is 58.1 Å². The molecule has 0 aliphatic carbocycles. The Hall–Kier alpha value is -1.56. The molecule has 0 bridgehead atoms. The van der Waals surface area contributed by atoms with Crippen LogP contribution in [0, 0.1) is 0 Å². The van der Waals surface area contributed by atoms with Gasteiger partial charge in [0, 0.05) is 26.2 Å². The molecule has 146 valence electrons. The van der Waals surface area contributed by atoms with Crippen LogP contribution >= 0.6 is 15.9 Å². The summed E-state index contributed by atoms with van der Waals surface area (Å²) < 4.78 is 12.6. The molecule has 27 heavy (non-hydrogen) atoms. The smallest absolute Gasteiger partial charge is 0.175 e. The number of hydrogen-bond acceptors (Lipinski definition) is 4. The van der Waals surface area contributed by atoms with Crippen molar-refractivity contribution in [2.45, 2.75) is 19.4 Å². The van der Waals surface area contributed by atoms with E-state index in [1.807, 2.05) is 18.2 Å². The first-order chi connectivity index (χ1) is 13.2. The van der Waals surface area contributed by atoms with Crippen LogP contribution in [0.15, 0.2) is 46.9 Å². The van der Waals surface area contributed by atoms with E-state index in [0.29, 0.717) is 6.61 Å². The van der Waals surface area contributed by atoms with Crippen molar-refractivity contribution in [1.82, 2.24) is 9.80 Å². The minimum Gasteiger partial charge on any atom is -0.493 e. The van der Waals surface area contributed by atoms with Crippen molar-refractivity contribution in [2.24, 2.45) is 0 Å². The molecule has 1 aliphatic rings. The Bertz CT molecular complexity index is 716. The van der Waals surface area contributed by atoms with Gasteiger partial charge in [0.25, 0.3) is 0 Å². The van der Waals surface area contributed by atoms with Crippen molar-refractivity contribution in [3.8, 4) is 11.5 Å². The molecule has 0 saturated carbocycles. The third kappa shape index (κ3) is 5.96. The van der Waals surface area contributed by atoms with Gasteiger partial charge in [-0.1, -0.05) is 30.3 Å². The van der Waals surface area contributed by atoms with Gasteiger partial charge in [0.2, 0.25) is 0 Å². The summed E-state index contributed by atoms with van der Waals surface area (Å²) in [6.07, 6.45) is 2.20. The van der Waals surface area contributed by atoms with Crippen molar-refractivity contribution < 1.29 is 9.47 Å². The van der Waals surface area contributed by atoms with Crippen molar-refractivity contribution in [2.75, 3.05) is 46.9 Å². The Kier molecular flexibility index (Phi) is 7.56. The number of benzene rings is 2. The highest BCUT2D eigenvalue weighted by molar-refractivity contribution is 9.10. The molecule has 2 aromatic rings. The number of rotatable bonds is 8. The predicted molar refractivity (Wildman–Crippen MR) is 114 cm³/mol. The van der Waals surface area contributed by atoms with Gasteiger partial charge in [-0.2, -0.15) is 0 Å². The molecule has 0 spiro atoms. The van der Waals surface area contributed by atoms with E-state index in [1.54, 1.807) is 7.11 Å².